The van der Waals surface area contributed by atoms with Crippen LogP contribution in [0.4, 0.5) is 0 Å². The van der Waals surface area contributed by atoms with Crippen molar-refractivity contribution in [1.82, 2.24) is 20.1 Å². The Bertz CT molecular complexity index is 566. The summed E-state index contributed by atoms with van der Waals surface area (Å²) in [6.07, 6.45) is 5.79. The average molecular weight is 281 g/mol. The highest BCUT2D eigenvalue weighted by atomic mass is 35.5. The van der Waals surface area contributed by atoms with Crippen LogP contribution in [0.5, 0.6) is 0 Å². The van der Waals surface area contributed by atoms with E-state index < -0.39 is 0 Å². The molecule has 1 fully saturated rings. The van der Waals surface area contributed by atoms with E-state index in [-0.39, 0.29) is 17.2 Å². The highest BCUT2D eigenvalue weighted by molar-refractivity contribution is 6.32. The van der Waals surface area contributed by atoms with Crippen LogP contribution in [0.25, 0.3) is 0 Å². The van der Waals surface area contributed by atoms with Gasteiger partial charge in [0.15, 0.2) is 0 Å². The highest BCUT2D eigenvalue weighted by Gasteiger charge is 2.31. The van der Waals surface area contributed by atoms with Crippen molar-refractivity contribution in [2.75, 3.05) is 6.54 Å². The lowest BCUT2D eigenvalue weighted by molar-refractivity contribution is 0.0600. The molecule has 100 valence electrons. The fourth-order valence-electron chi connectivity index (χ4n) is 2.44. The molecule has 1 aliphatic rings. The molecule has 2 aromatic heterocycles. The number of hydrogen-bond acceptors (Lipinski definition) is 4. The number of carbonyl (C=O) groups excluding carboxylic acids is 1. The lowest BCUT2D eigenvalue weighted by atomic mass is 10.0. The van der Waals surface area contributed by atoms with E-state index in [1.54, 1.807) is 11.0 Å². The van der Waals surface area contributed by atoms with Crippen LogP contribution in [0, 0.1) is 0 Å². The Labute approximate surface area is 114 Å². The fourth-order valence-corrected chi connectivity index (χ4v) is 2.63. The maximum atomic E-state index is 12.5. The summed E-state index contributed by atoms with van der Waals surface area (Å²) in [5.74, 6) is 0.590. The molecule has 1 atom stereocenters. The van der Waals surface area contributed by atoms with Gasteiger partial charge in [0, 0.05) is 6.54 Å². The first-order valence-corrected chi connectivity index (χ1v) is 6.54. The van der Waals surface area contributed by atoms with Gasteiger partial charge in [-0.2, -0.15) is 5.10 Å². The van der Waals surface area contributed by atoms with Crippen LogP contribution >= 0.6 is 11.6 Å². The third kappa shape index (κ3) is 2.23. The molecule has 0 bridgehead atoms. The van der Waals surface area contributed by atoms with Gasteiger partial charge < -0.3 is 9.32 Å². The van der Waals surface area contributed by atoms with Crippen LogP contribution in [-0.2, 0) is 0 Å². The van der Waals surface area contributed by atoms with Gasteiger partial charge in [0.1, 0.15) is 12.2 Å². The van der Waals surface area contributed by atoms with Gasteiger partial charge in [-0.3, -0.25) is 9.89 Å². The van der Waals surface area contributed by atoms with E-state index in [0.29, 0.717) is 17.9 Å². The number of amides is 1. The van der Waals surface area contributed by atoms with Crippen LogP contribution in [0.1, 0.15) is 41.5 Å². The van der Waals surface area contributed by atoms with E-state index in [2.05, 4.69) is 15.2 Å². The minimum Gasteiger partial charge on any atom is -0.452 e. The second kappa shape index (κ2) is 5.05. The van der Waals surface area contributed by atoms with Crippen LogP contribution in [0.2, 0.25) is 5.22 Å². The molecule has 6 nitrogen and oxygen atoms in total. The topological polar surface area (TPSA) is 75.0 Å². The predicted octanol–water partition coefficient (Wildman–Crippen LogP) is 2.42. The van der Waals surface area contributed by atoms with E-state index in [0.717, 1.165) is 19.3 Å². The number of nitrogens with one attached hydrogen (secondary N) is 1. The fraction of sp³-hybridized carbons (Fsp3) is 0.417. The second-order valence-electron chi connectivity index (χ2n) is 4.49. The van der Waals surface area contributed by atoms with E-state index in [1.165, 1.54) is 12.6 Å². The number of furan rings is 1. The molecule has 19 heavy (non-hydrogen) atoms. The molecule has 1 N–H and O–H groups in total. The Hall–Kier alpha value is -1.82. The Kier molecular flexibility index (Phi) is 3.25. The van der Waals surface area contributed by atoms with Crippen molar-refractivity contribution in [3.05, 3.63) is 35.3 Å². The van der Waals surface area contributed by atoms with Crippen molar-refractivity contribution in [1.29, 1.82) is 0 Å². The van der Waals surface area contributed by atoms with Crippen LogP contribution < -0.4 is 0 Å². The number of carbonyl (C=O) groups is 1. The number of aromatic nitrogens is 3. The average Bonchev–Trinajstić information content (AvgIpc) is 3.09. The van der Waals surface area contributed by atoms with E-state index in [4.69, 9.17) is 16.0 Å². The van der Waals surface area contributed by atoms with Crippen molar-refractivity contribution in [2.45, 2.75) is 25.3 Å². The first kappa shape index (κ1) is 12.2. The van der Waals surface area contributed by atoms with Crippen molar-refractivity contribution in [2.24, 2.45) is 0 Å². The smallest absolute Gasteiger partial charge is 0.259 e. The van der Waals surface area contributed by atoms with Gasteiger partial charge in [-0.25, -0.2) is 4.98 Å². The summed E-state index contributed by atoms with van der Waals surface area (Å²) in [5, 5.41) is 6.82. The third-order valence-electron chi connectivity index (χ3n) is 3.36. The Morgan fingerprint density at radius 2 is 2.42 bits per heavy atom. The maximum absolute atomic E-state index is 12.5. The summed E-state index contributed by atoms with van der Waals surface area (Å²) in [7, 11) is 0. The Morgan fingerprint density at radius 1 is 1.53 bits per heavy atom. The maximum Gasteiger partial charge on any atom is 0.259 e. The van der Waals surface area contributed by atoms with Gasteiger partial charge in [0.2, 0.25) is 5.22 Å². The van der Waals surface area contributed by atoms with Gasteiger partial charge in [-0.1, -0.05) is 0 Å². The summed E-state index contributed by atoms with van der Waals surface area (Å²) in [4.78, 5) is 18.4. The van der Waals surface area contributed by atoms with Crippen LogP contribution in [0.3, 0.4) is 0 Å². The zero-order valence-electron chi connectivity index (χ0n) is 10.2. The lowest BCUT2D eigenvalue weighted by Crippen LogP contribution is -2.39. The van der Waals surface area contributed by atoms with E-state index >= 15 is 0 Å². The number of H-pyrrole nitrogens is 1. The molecule has 3 heterocycles. The van der Waals surface area contributed by atoms with Crippen molar-refractivity contribution >= 4 is 17.5 Å². The summed E-state index contributed by atoms with van der Waals surface area (Å²) in [5.41, 5.74) is 0.396. The highest BCUT2D eigenvalue weighted by Crippen LogP contribution is 2.31. The molecule has 0 spiro atoms. The predicted molar refractivity (Wildman–Crippen MR) is 67.7 cm³/mol. The summed E-state index contributed by atoms with van der Waals surface area (Å²) < 4.78 is 4.98. The molecule has 0 saturated carbocycles. The SMILES string of the molecule is O=C(c1ccoc1Cl)N1CCCC[C@H]1c1ncn[nH]1. The van der Waals surface area contributed by atoms with Crippen molar-refractivity contribution in [3.8, 4) is 0 Å². The normalized spacial score (nSPS) is 19.6. The van der Waals surface area contributed by atoms with Gasteiger partial charge in [0.25, 0.3) is 5.91 Å². The molecule has 0 aliphatic carbocycles. The first-order chi connectivity index (χ1) is 9.27. The Morgan fingerprint density at radius 3 is 3.11 bits per heavy atom. The van der Waals surface area contributed by atoms with Gasteiger partial charge in [-0.05, 0) is 36.9 Å². The molecular weight excluding hydrogens is 268 g/mol. The summed E-state index contributed by atoms with van der Waals surface area (Å²) in [6.45, 7) is 0.686. The molecule has 3 rings (SSSR count). The van der Waals surface area contributed by atoms with Gasteiger partial charge >= 0.3 is 0 Å². The van der Waals surface area contributed by atoms with Gasteiger partial charge in [-0.15, -0.1) is 0 Å². The largest absolute Gasteiger partial charge is 0.452 e. The zero-order chi connectivity index (χ0) is 13.2. The Balaban J connectivity index is 1.89. The number of nitrogens with zero attached hydrogens (tertiary/aromatic N) is 3. The monoisotopic (exact) mass is 280 g/mol. The number of likely N-dealkylation sites (tertiary alicyclic amines) is 1. The summed E-state index contributed by atoms with van der Waals surface area (Å²) >= 11 is 5.88. The van der Waals surface area contributed by atoms with Crippen molar-refractivity contribution in [3.63, 3.8) is 0 Å². The third-order valence-corrected chi connectivity index (χ3v) is 3.65. The molecule has 2 aromatic rings. The number of aromatic amines is 1. The first-order valence-electron chi connectivity index (χ1n) is 6.16. The summed E-state index contributed by atoms with van der Waals surface area (Å²) in [6, 6.07) is 1.52. The molecular formula is C12H13ClN4O2. The lowest BCUT2D eigenvalue weighted by Gasteiger charge is -2.34. The minimum atomic E-state index is -0.125. The standard InChI is InChI=1S/C12H13ClN4O2/c13-10-8(4-6-19-10)12(18)17-5-2-1-3-9(17)11-14-7-15-16-11/h4,6-7,9H,1-3,5H2,(H,14,15,16)/t9-/m0/s1. The molecule has 0 unspecified atom stereocenters. The molecule has 1 aliphatic heterocycles. The number of piperidine rings is 1. The molecule has 0 radical (unpaired) electrons. The zero-order valence-corrected chi connectivity index (χ0v) is 10.9. The molecule has 0 aromatic carbocycles. The quantitative estimate of drug-likeness (QED) is 0.917. The van der Waals surface area contributed by atoms with E-state index in [1.807, 2.05) is 0 Å². The van der Waals surface area contributed by atoms with E-state index in [9.17, 15) is 4.79 Å². The molecule has 1 saturated heterocycles. The number of hydrogen-bond donors (Lipinski definition) is 1. The molecule has 1 amide bonds. The number of rotatable bonds is 2. The van der Waals surface area contributed by atoms with Crippen LogP contribution in [0.15, 0.2) is 23.1 Å². The second-order valence-corrected chi connectivity index (χ2v) is 4.83. The molecule has 7 heteroatoms. The number of halogens is 1. The van der Waals surface area contributed by atoms with Crippen LogP contribution in [-0.4, -0.2) is 32.5 Å². The van der Waals surface area contributed by atoms with Gasteiger partial charge in [0.05, 0.1) is 17.9 Å². The van der Waals surface area contributed by atoms with Crippen molar-refractivity contribution < 1.29 is 9.21 Å². The minimum absolute atomic E-state index is 0.0743.